The Bertz CT molecular complexity index is 1240. The van der Waals surface area contributed by atoms with Crippen LogP contribution in [0.3, 0.4) is 0 Å². The van der Waals surface area contributed by atoms with Crippen molar-refractivity contribution in [2.24, 2.45) is 0 Å². The summed E-state index contributed by atoms with van der Waals surface area (Å²) in [5.74, 6) is 0.352. The average Bonchev–Trinajstić information content (AvgIpc) is 3.22. The second kappa shape index (κ2) is 7.27. The van der Waals surface area contributed by atoms with E-state index in [4.69, 9.17) is 13.9 Å². The maximum Gasteiger partial charge on any atom is 0.405 e. The van der Waals surface area contributed by atoms with E-state index in [-0.39, 0.29) is 5.43 Å². The molecule has 7 nitrogen and oxygen atoms in total. The van der Waals surface area contributed by atoms with Crippen molar-refractivity contribution >= 4 is 17.1 Å². The van der Waals surface area contributed by atoms with Crippen LogP contribution in [0.25, 0.3) is 33.6 Å². The number of nitrogens with zero attached hydrogens (tertiary/aromatic N) is 1. The largest absolute Gasteiger partial charge is 0.465 e. The molecule has 1 amide bonds. The van der Waals surface area contributed by atoms with Crippen molar-refractivity contribution in [3.63, 3.8) is 0 Å². The Morgan fingerprint density at radius 1 is 1.21 bits per heavy atom. The van der Waals surface area contributed by atoms with E-state index < -0.39 is 12.1 Å². The zero-order chi connectivity index (χ0) is 20.5. The summed E-state index contributed by atoms with van der Waals surface area (Å²) in [6.45, 7) is 3.55. The van der Waals surface area contributed by atoms with E-state index in [1.165, 1.54) is 12.7 Å². The van der Waals surface area contributed by atoms with Gasteiger partial charge in [0, 0.05) is 11.1 Å². The van der Waals surface area contributed by atoms with Crippen LogP contribution in [0.1, 0.15) is 24.1 Å². The highest BCUT2D eigenvalue weighted by atomic mass is 16.4. The van der Waals surface area contributed by atoms with Gasteiger partial charge in [-0.2, -0.15) is 0 Å². The van der Waals surface area contributed by atoms with Crippen molar-refractivity contribution < 1.29 is 18.7 Å². The normalized spacial score (nSPS) is 12.1. The highest BCUT2D eigenvalue weighted by Gasteiger charge is 2.23. The van der Waals surface area contributed by atoms with E-state index >= 15 is 0 Å². The Morgan fingerprint density at radius 3 is 2.62 bits per heavy atom. The monoisotopic (exact) mass is 390 g/mol. The average molecular weight is 390 g/mol. The van der Waals surface area contributed by atoms with Gasteiger partial charge >= 0.3 is 6.09 Å². The zero-order valence-electron chi connectivity index (χ0n) is 15.8. The maximum absolute atomic E-state index is 13.5. The first kappa shape index (κ1) is 18.5. The van der Waals surface area contributed by atoms with E-state index in [0.717, 1.165) is 5.56 Å². The summed E-state index contributed by atoms with van der Waals surface area (Å²) in [5, 5.41) is 11.9. The van der Waals surface area contributed by atoms with Crippen LogP contribution in [-0.2, 0) is 0 Å². The first-order chi connectivity index (χ1) is 14.0. The predicted molar refractivity (Wildman–Crippen MR) is 108 cm³/mol. The van der Waals surface area contributed by atoms with Crippen LogP contribution in [0, 0.1) is 6.92 Å². The van der Waals surface area contributed by atoms with Crippen LogP contribution in [0.15, 0.2) is 68.8 Å². The molecule has 2 aromatic heterocycles. The molecule has 4 rings (SSSR count). The molecule has 0 spiro atoms. The predicted octanol–water partition coefficient (Wildman–Crippen LogP) is 4.75. The van der Waals surface area contributed by atoms with Crippen molar-refractivity contribution in [3.8, 4) is 22.6 Å². The lowest BCUT2D eigenvalue weighted by Gasteiger charge is -2.16. The smallest absolute Gasteiger partial charge is 0.405 e. The number of rotatable bonds is 4. The van der Waals surface area contributed by atoms with Crippen molar-refractivity contribution in [2.75, 3.05) is 0 Å². The fourth-order valence-electron chi connectivity index (χ4n) is 3.42. The third-order valence-electron chi connectivity index (χ3n) is 4.70. The summed E-state index contributed by atoms with van der Waals surface area (Å²) in [6.07, 6.45) is 1.50. The Morgan fingerprint density at radius 2 is 1.97 bits per heavy atom. The van der Waals surface area contributed by atoms with Crippen LogP contribution in [0.4, 0.5) is 4.79 Å². The topological polar surface area (TPSA) is 106 Å². The molecule has 0 aliphatic carbocycles. The molecule has 0 saturated heterocycles. The van der Waals surface area contributed by atoms with Crippen molar-refractivity contribution in [3.05, 3.63) is 76.5 Å². The molecule has 7 heteroatoms. The lowest BCUT2D eigenvalue weighted by Crippen LogP contribution is -2.25. The first-order valence-electron chi connectivity index (χ1n) is 9.00. The number of carbonyl (C=O) groups is 1. The standard InChI is InChI=1S/C22H18N2O5/c1-12-8-15(13(2)24-22(26)27)21-16(9-12)19(25)18(17-10-28-11-23-17)20(29-21)14-6-4-3-5-7-14/h3-11,13,24H,1-2H3,(H,26,27)/t13-/m1/s1. The summed E-state index contributed by atoms with van der Waals surface area (Å²) in [4.78, 5) is 28.8. The van der Waals surface area contributed by atoms with Gasteiger partial charge in [0.2, 0.25) is 5.43 Å². The molecule has 29 heavy (non-hydrogen) atoms. The number of aryl methyl sites for hydroxylation is 1. The van der Waals surface area contributed by atoms with Gasteiger partial charge in [0.05, 0.1) is 17.0 Å². The van der Waals surface area contributed by atoms with Crippen LogP contribution in [-0.4, -0.2) is 16.2 Å². The van der Waals surface area contributed by atoms with Crippen LogP contribution in [0.5, 0.6) is 0 Å². The Hall–Kier alpha value is -3.87. The van der Waals surface area contributed by atoms with E-state index in [1.54, 1.807) is 13.0 Å². The minimum absolute atomic E-state index is 0.258. The third kappa shape index (κ3) is 3.38. The maximum atomic E-state index is 13.5. The Kier molecular flexibility index (Phi) is 4.64. The molecule has 2 heterocycles. The lowest BCUT2D eigenvalue weighted by molar-refractivity contribution is 0.191. The van der Waals surface area contributed by atoms with Crippen LogP contribution in [0.2, 0.25) is 0 Å². The number of benzene rings is 2. The molecule has 0 unspecified atom stereocenters. The van der Waals surface area contributed by atoms with E-state index in [2.05, 4.69) is 10.3 Å². The number of aromatic nitrogens is 1. The van der Waals surface area contributed by atoms with Gasteiger partial charge in [-0.15, -0.1) is 0 Å². The number of nitrogens with one attached hydrogen (secondary N) is 1. The summed E-state index contributed by atoms with van der Waals surface area (Å²) in [5.41, 5.74) is 2.86. The molecule has 1 atom stereocenters. The molecule has 146 valence electrons. The molecule has 0 fully saturated rings. The molecule has 0 saturated carbocycles. The van der Waals surface area contributed by atoms with Gasteiger partial charge in [0.15, 0.2) is 6.39 Å². The Balaban J connectivity index is 2.09. The van der Waals surface area contributed by atoms with Gasteiger partial charge in [-0.25, -0.2) is 9.78 Å². The second-order valence-electron chi connectivity index (χ2n) is 6.78. The molecule has 0 radical (unpaired) electrons. The molecule has 2 aromatic carbocycles. The molecular weight excluding hydrogens is 372 g/mol. The number of oxazole rings is 1. The van der Waals surface area contributed by atoms with E-state index in [0.29, 0.717) is 39.1 Å². The van der Waals surface area contributed by atoms with Gasteiger partial charge in [-0.05, 0) is 25.5 Å². The molecular formula is C22H18N2O5. The molecule has 0 aliphatic rings. The number of fused-ring (bicyclic) bond motifs is 1. The van der Waals surface area contributed by atoms with Gasteiger partial charge in [0.1, 0.15) is 23.3 Å². The van der Waals surface area contributed by atoms with E-state index in [9.17, 15) is 9.59 Å². The summed E-state index contributed by atoms with van der Waals surface area (Å²) in [7, 11) is 0. The first-order valence-corrected chi connectivity index (χ1v) is 9.00. The zero-order valence-corrected chi connectivity index (χ0v) is 15.8. The molecule has 0 aliphatic heterocycles. The van der Waals surface area contributed by atoms with Gasteiger partial charge in [-0.1, -0.05) is 36.4 Å². The minimum atomic E-state index is -1.16. The fraction of sp³-hybridized carbons (Fsp3) is 0.136. The van der Waals surface area contributed by atoms with Crippen molar-refractivity contribution in [1.82, 2.24) is 10.3 Å². The third-order valence-corrected chi connectivity index (χ3v) is 4.70. The summed E-state index contributed by atoms with van der Waals surface area (Å²) < 4.78 is 11.3. The fourth-order valence-corrected chi connectivity index (χ4v) is 3.42. The van der Waals surface area contributed by atoms with Gasteiger partial charge in [-0.3, -0.25) is 4.79 Å². The number of hydrogen-bond donors (Lipinski definition) is 2. The van der Waals surface area contributed by atoms with Crippen molar-refractivity contribution in [2.45, 2.75) is 19.9 Å². The SMILES string of the molecule is Cc1cc([C@@H](C)NC(=O)O)c2oc(-c3ccccc3)c(-c3cocn3)c(=O)c2c1. The number of carboxylic acid groups (broad SMARTS) is 1. The van der Waals surface area contributed by atoms with Gasteiger partial charge in [0.25, 0.3) is 0 Å². The molecule has 0 bridgehead atoms. The molecule has 4 aromatic rings. The minimum Gasteiger partial charge on any atom is -0.465 e. The van der Waals surface area contributed by atoms with Crippen LogP contribution < -0.4 is 10.7 Å². The summed E-state index contributed by atoms with van der Waals surface area (Å²) in [6, 6.07) is 12.2. The number of hydrogen-bond acceptors (Lipinski definition) is 5. The van der Waals surface area contributed by atoms with E-state index in [1.807, 2.05) is 43.3 Å². The number of amides is 1. The van der Waals surface area contributed by atoms with Crippen LogP contribution >= 0.6 is 0 Å². The Labute approximate surface area is 165 Å². The quantitative estimate of drug-likeness (QED) is 0.521. The lowest BCUT2D eigenvalue weighted by atomic mass is 9.97. The summed E-state index contributed by atoms with van der Waals surface area (Å²) >= 11 is 0. The second-order valence-corrected chi connectivity index (χ2v) is 6.78. The highest BCUT2D eigenvalue weighted by molar-refractivity contribution is 5.90. The highest BCUT2D eigenvalue weighted by Crippen LogP contribution is 2.34. The molecule has 2 N–H and O–H groups in total. The van der Waals surface area contributed by atoms with Crippen molar-refractivity contribution in [1.29, 1.82) is 0 Å². The van der Waals surface area contributed by atoms with Gasteiger partial charge < -0.3 is 19.3 Å².